The van der Waals surface area contributed by atoms with E-state index in [9.17, 15) is 14.0 Å². The molecule has 1 aliphatic rings. The van der Waals surface area contributed by atoms with Gasteiger partial charge in [0.15, 0.2) is 4.80 Å². The number of benzene rings is 3. The Morgan fingerprint density at radius 3 is 2.54 bits per heavy atom. The molecule has 1 amide bonds. The van der Waals surface area contributed by atoms with E-state index < -0.39 is 17.8 Å². The number of carbonyl (C=O) groups excluding carboxylic acids is 1. The predicted octanol–water partition coefficient (Wildman–Crippen LogP) is 4.68. The number of carbonyl (C=O) groups is 1. The maximum Gasteiger partial charge on any atom is 0.271 e. The second-order valence-corrected chi connectivity index (χ2v) is 9.76. The van der Waals surface area contributed by atoms with E-state index in [2.05, 4.69) is 10.3 Å². The fourth-order valence-electron chi connectivity index (χ4n) is 4.22. The van der Waals surface area contributed by atoms with Gasteiger partial charge < -0.3 is 10.1 Å². The molecule has 37 heavy (non-hydrogen) atoms. The number of nitrogens with one attached hydrogen (secondary N) is 1. The summed E-state index contributed by atoms with van der Waals surface area (Å²) >= 11 is 7.48. The van der Waals surface area contributed by atoms with Gasteiger partial charge in [0.25, 0.3) is 11.5 Å². The molecular weight excluding hydrogens is 513 g/mol. The van der Waals surface area contributed by atoms with Crippen molar-refractivity contribution in [1.82, 2.24) is 4.57 Å². The third-order valence-corrected chi connectivity index (χ3v) is 7.24. The third kappa shape index (κ3) is 4.85. The largest absolute Gasteiger partial charge is 0.495 e. The van der Waals surface area contributed by atoms with E-state index in [4.69, 9.17) is 16.3 Å². The summed E-state index contributed by atoms with van der Waals surface area (Å²) in [6, 6.07) is 19.2. The van der Waals surface area contributed by atoms with E-state index >= 15 is 0 Å². The molecule has 1 aromatic heterocycles. The SMILES string of the molecule is COc1ccc(/C=c2/sc3n(c2=O)[C@@H](c2ccc(F)cc2)C(C(=O)Nc2ccccc2)=C(C)N=3)cc1Cl. The second-order valence-electron chi connectivity index (χ2n) is 8.35. The minimum Gasteiger partial charge on any atom is -0.495 e. The number of methoxy groups -OCH3 is 1. The van der Waals surface area contributed by atoms with Gasteiger partial charge in [-0.1, -0.05) is 59.3 Å². The van der Waals surface area contributed by atoms with Crippen LogP contribution in [0.5, 0.6) is 5.75 Å². The first-order valence-electron chi connectivity index (χ1n) is 11.3. The van der Waals surface area contributed by atoms with Crippen molar-refractivity contribution in [3.8, 4) is 5.75 Å². The Bertz CT molecular complexity index is 1710. The van der Waals surface area contributed by atoms with Gasteiger partial charge in [-0.3, -0.25) is 14.2 Å². The lowest BCUT2D eigenvalue weighted by molar-refractivity contribution is -0.113. The molecule has 0 fully saturated rings. The zero-order valence-electron chi connectivity index (χ0n) is 19.9. The number of para-hydroxylation sites is 1. The number of hydrogen-bond acceptors (Lipinski definition) is 5. The van der Waals surface area contributed by atoms with Crippen LogP contribution in [0, 0.1) is 5.82 Å². The summed E-state index contributed by atoms with van der Waals surface area (Å²) in [5.74, 6) is -0.275. The summed E-state index contributed by atoms with van der Waals surface area (Å²) in [5.41, 5.74) is 2.38. The number of hydrogen-bond donors (Lipinski definition) is 1. The Labute approximate surface area is 220 Å². The van der Waals surface area contributed by atoms with Crippen molar-refractivity contribution in [2.45, 2.75) is 13.0 Å². The molecule has 5 rings (SSSR count). The minimum atomic E-state index is -0.790. The maximum absolute atomic E-state index is 13.8. The van der Waals surface area contributed by atoms with E-state index in [1.54, 1.807) is 55.5 Å². The maximum atomic E-state index is 13.8. The number of ether oxygens (including phenoxy) is 1. The third-order valence-electron chi connectivity index (χ3n) is 5.96. The van der Waals surface area contributed by atoms with Crippen LogP contribution in [0.2, 0.25) is 5.02 Å². The Morgan fingerprint density at radius 2 is 1.86 bits per heavy atom. The molecule has 186 valence electrons. The van der Waals surface area contributed by atoms with Crippen LogP contribution in [-0.4, -0.2) is 17.6 Å². The lowest BCUT2D eigenvalue weighted by Gasteiger charge is -2.25. The van der Waals surface area contributed by atoms with E-state index in [0.29, 0.717) is 48.2 Å². The van der Waals surface area contributed by atoms with Crippen LogP contribution in [0.3, 0.4) is 0 Å². The molecule has 4 aromatic rings. The van der Waals surface area contributed by atoms with Crippen molar-refractivity contribution in [2.24, 2.45) is 4.99 Å². The van der Waals surface area contributed by atoms with Gasteiger partial charge in [-0.15, -0.1) is 0 Å². The number of amides is 1. The highest BCUT2D eigenvalue weighted by Crippen LogP contribution is 2.31. The Hall–Kier alpha value is -4.01. The van der Waals surface area contributed by atoms with Gasteiger partial charge in [0.2, 0.25) is 0 Å². The fraction of sp³-hybridized carbons (Fsp3) is 0.107. The zero-order chi connectivity index (χ0) is 26.1. The van der Waals surface area contributed by atoms with Gasteiger partial charge in [-0.25, -0.2) is 9.38 Å². The lowest BCUT2D eigenvalue weighted by atomic mass is 9.95. The molecule has 1 atom stereocenters. The van der Waals surface area contributed by atoms with E-state index in [1.165, 1.54) is 35.1 Å². The zero-order valence-corrected chi connectivity index (χ0v) is 21.4. The molecule has 0 saturated heterocycles. The van der Waals surface area contributed by atoms with Crippen molar-refractivity contribution >= 4 is 40.6 Å². The van der Waals surface area contributed by atoms with Gasteiger partial charge in [0, 0.05) is 5.69 Å². The standard InChI is InChI=1S/C28H21ClFN3O3S/c1-16-24(26(34)32-20-6-4-3-5-7-20)25(18-9-11-19(30)12-10-18)33-27(35)23(37-28(33)31-16)15-17-8-13-22(36-2)21(29)14-17/h3-15,25H,1-2H3,(H,32,34)/b23-15+/t25-/m0/s1. The summed E-state index contributed by atoms with van der Waals surface area (Å²) in [7, 11) is 1.53. The van der Waals surface area contributed by atoms with Gasteiger partial charge >= 0.3 is 0 Å². The average molecular weight is 534 g/mol. The quantitative estimate of drug-likeness (QED) is 0.405. The summed E-state index contributed by atoms with van der Waals surface area (Å²) in [6.45, 7) is 1.73. The van der Waals surface area contributed by atoms with Crippen molar-refractivity contribution in [3.05, 3.63) is 126 Å². The number of thiazole rings is 1. The summed E-state index contributed by atoms with van der Waals surface area (Å²) in [6.07, 6.45) is 1.72. The molecular formula is C28H21ClFN3O3S. The topological polar surface area (TPSA) is 72.7 Å². The van der Waals surface area contributed by atoms with Crippen LogP contribution in [0.25, 0.3) is 6.08 Å². The normalized spacial score (nSPS) is 15.2. The van der Waals surface area contributed by atoms with Crippen molar-refractivity contribution in [2.75, 3.05) is 12.4 Å². The van der Waals surface area contributed by atoms with Crippen LogP contribution < -0.4 is 24.9 Å². The molecule has 2 heterocycles. The number of fused-ring (bicyclic) bond motifs is 1. The van der Waals surface area contributed by atoms with Gasteiger partial charge in [-0.2, -0.15) is 0 Å². The van der Waals surface area contributed by atoms with E-state index in [0.717, 1.165) is 0 Å². The number of allylic oxidation sites excluding steroid dienone is 1. The number of nitrogens with zero attached hydrogens (tertiary/aromatic N) is 2. The molecule has 0 aliphatic carbocycles. The van der Waals surface area contributed by atoms with Crippen molar-refractivity contribution < 1.29 is 13.9 Å². The van der Waals surface area contributed by atoms with Crippen LogP contribution in [-0.2, 0) is 4.79 Å². The second kappa shape index (κ2) is 10.2. The molecule has 3 aromatic carbocycles. The number of anilines is 1. The number of aromatic nitrogens is 1. The lowest BCUT2D eigenvalue weighted by Crippen LogP contribution is -2.40. The first kappa shape index (κ1) is 24.7. The Kier molecular flexibility index (Phi) is 6.78. The monoisotopic (exact) mass is 533 g/mol. The molecule has 0 spiro atoms. The smallest absolute Gasteiger partial charge is 0.271 e. The van der Waals surface area contributed by atoms with Crippen LogP contribution in [0.1, 0.15) is 24.1 Å². The molecule has 0 bridgehead atoms. The molecule has 0 unspecified atom stereocenters. The number of halogens is 2. The minimum absolute atomic E-state index is 0.307. The summed E-state index contributed by atoms with van der Waals surface area (Å²) in [4.78, 5) is 32.3. The van der Waals surface area contributed by atoms with Gasteiger partial charge in [0.1, 0.15) is 11.6 Å². The fourth-order valence-corrected chi connectivity index (χ4v) is 5.53. The predicted molar refractivity (Wildman–Crippen MR) is 143 cm³/mol. The number of rotatable bonds is 5. The van der Waals surface area contributed by atoms with Gasteiger partial charge in [-0.05, 0) is 60.5 Å². The van der Waals surface area contributed by atoms with E-state index in [-0.39, 0.29) is 5.56 Å². The van der Waals surface area contributed by atoms with Crippen LogP contribution in [0.4, 0.5) is 10.1 Å². The molecule has 9 heteroatoms. The van der Waals surface area contributed by atoms with Crippen molar-refractivity contribution in [1.29, 1.82) is 0 Å². The van der Waals surface area contributed by atoms with Gasteiger partial charge in [0.05, 0.1) is 34.0 Å². The first-order chi connectivity index (χ1) is 17.9. The van der Waals surface area contributed by atoms with E-state index in [1.807, 2.05) is 18.2 Å². The summed E-state index contributed by atoms with van der Waals surface area (Å²) < 4.78 is 20.9. The molecule has 6 nitrogen and oxygen atoms in total. The van der Waals surface area contributed by atoms with Crippen molar-refractivity contribution in [3.63, 3.8) is 0 Å². The Balaban J connectivity index is 1.66. The molecule has 0 saturated carbocycles. The average Bonchev–Trinajstić information content (AvgIpc) is 3.18. The molecule has 0 radical (unpaired) electrons. The summed E-state index contributed by atoms with van der Waals surface area (Å²) in [5, 5.41) is 3.31. The van der Waals surface area contributed by atoms with Crippen LogP contribution in [0.15, 0.2) is 93.9 Å². The van der Waals surface area contributed by atoms with Crippen LogP contribution >= 0.6 is 22.9 Å². The molecule has 1 N–H and O–H groups in total. The molecule has 1 aliphatic heterocycles. The highest BCUT2D eigenvalue weighted by Gasteiger charge is 2.32. The Morgan fingerprint density at radius 1 is 1.14 bits per heavy atom. The first-order valence-corrected chi connectivity index (χ1v) is 12.5. The highest BCUT2D eigenvalue weighted by atomic mass is 35.5. The highest BCUT2D eigenvalue weighted by molar-refractivity contribution is 7.07.